The van der Waals surface area contributed by atoms with E-state index in [1.165, 1.54) is 24.8 Å². The van der Waals surface area contributed by atoms with Crippen molar-refractivity contribution in [2.24, 2.45) is 5.92 Å². The molecule has 3 atom stereocenters. The van der Waals surface area contributed by atoms with Crippen molar-refractivity contribution in [2.75, 3.05) is 0 Å². The molecule has 2 unspecified atom stereocenters. The fourth-order valence-electron chi connectivity index (χ4n) is 2.58. The van der Waals surface area contributed by atoms with Gasteiger partial charge in [0.25, 0.3) is 0 Å². The van der Waals surface area contributed by atoms with Crippen LogP contribution in [0.3, 0.4) is 0 Å². The Morgan fingerprint density at radius 2 is 2.19 bits per heavy atom. The first kappa shape index (κ1) is 11.9. The molecule has 2 heteroatoms. The Balaban J connectivity index is 1.95. The van der Waals surface area contributed by atoms with Gasteiger partial charge in [0.15, 0.2) is 0 Å². The van der Waals surface area contributed by atoms with Crippen molar-refractivity contribution >= 4 is 11.6 Å². The molecule has 1 aliphatic carbocycles. The highest BCUT2D eigenvalue weighted by atomic mass is 35.5. The Bertz CT molecular complexity index is 350. The van der Waals surface area contributed by atoms with Gasteiger partial charge in [-0.15, -0.1) is 0 Å². The molecule has 1 aliphatic rings. The Morgan fingerprint density at radius 3 is 2.81 bits per heavy atom. The van der Waals surface area contributed by atoms with E-state index in [0.717, 1.165) is 10.9 Å². The van der Waals surface area contributed by atoms with E-state index in [9.17, 15) is 0 Å². The molecule has 88 valence electrons. The minimum atomic E-state index is 0.397. The quantitative estimate of drug-likeness (QED) is 0.832. The highest BCUT2D eigenvalue weighted by Crippen LogP contribution is 2.27. The first-order valence-electron chi connectivity index (χ1n) is 6.16. The molecule has 2 rings (SSSR count). The monoisotopic (exact) mass is 237 g/mol. The first-order valence-corrected chi connectivity index (χ1v) is 6.54. The molecule has 0 spiro atoms. The second-order valence-electron chi connectivity index (χ2n) is 5.06. The standard InChI is InChI=1S/C14H20ClN/c1-10-6-7-14(8-10)16-11(2)12-4-3-5-13(15)9-12/h3-5,9-11,14,16H,6-8H2,1-2H3/t10?,11-,14?/m1/s1. The van der Waals surface area contributed by atoms with Gasteiger partial charge in [-0.25, -0.2) is 0 Å². The van der Waals surface area contributed by atoms with E-state index < -0.39 is 0 Å². The van der Waals surface area contributed by atoms with E-state index in [1.807, 2.05) is 12.1 Å². The Labute approximate surface area is 103 Å². The van der Waals surface area contributed by atoms with Crippen molar-refractivity contribution in [3.8, 4) is 0 Å². The smallest absolute Gasteiger partial charge is 0.0409 e. The van der Waals surface area contributed by atoms with Gasteiger partial charge in [0, 0.05) is 17.1 Å². The zero-order valence-electron chi connectivity index (χ0n) is 10.0. The molecule has 1 aromatic carbocycles. The summed E-state index contributed by atoms with van der Waals surface area (Å²) in [6, 6.07) is 9.22. The van der Waals surface area contributed by atoms with Crippen molar-refractivity contribution in [2.45, 2.75) is 45.2 Å². The Hall–Kier alpha value is -0.530. The predicted molar refractivity (Wildman–Crippen MR) is 69.8 cm³/mol. The van der Waals surface area contributed by atoms with Crippen LogP contribution in [0.25, 0.3) is 0 Å². The van der Waals surface area contributed by atoms with Crippen molar-refractivity contribution < 1.29 is 0 Å². The van der Waals surface area contributed by atoms with Gasteiger partial charge in [0.2, 0.25) is 0 Å². The fraction of sp³-hybridized carbons (Fsp3) is 0.571. The van der Waals surface area contributed by atoms with E-state index >= 15 is 0 Å². The highest BCUT2D eigenvalue weighted by Gasteiger charge is 2.22. The molecular weight excluding hydrogens is 218 g/mol. The van der Waals surface area contributed by atoms with Crippen LogP contribution in [-0.4, -0.2) is 6.04 Å². The van der Waals surface area contributed by atoms with Gasteiger partial charge in [0.1, 0.15) is 0 Å². The molecule has 0 radical (unpaired) electrons. The van der Waals surface area contributed by atoms with Crippen LogP contribution in [0, 0.1) is 5.92 Å². The Morgan fingerprint density at radius 1 is 1.38 bits per heavy atom. The second kappa shape index (κ2) is 5.20. The van der Waals surface area contributed by atoms with Crippen molar-refractivity contribution in [1.29, 1.82) is 0 Å². The van der Waals surface area contributed by atoms with Crippen molar-refractivity contribution in [1.82, 2.24) is 5.32 Å². The second-order valence-corrected chi connectivity index (χ2v) is 5.49. The molecule has 0 bridgehead atoms. The van der Waals surface area contributed by atoms with Gasteiger partial charge in [0.05, 0.1) is 0 Å². The van der Waals surface area contributed by atoms with Crippen LogP contribution in [0.2, 0.25) is 5.02 Å². The largest absolute Gasteiger partial charge is 0.307 e. The number of benzene rings is 1. The maximum atomic E-state index is 6.00. The normalized spacial score (nSPS) is 26.9. The first-order chi connectivity index (χ1) is 7.65. The number of nitrogens with one attached hydrogen (secondary N) is 1. The average Bonchev–Trinajstić information content (AvgIpc) is 2.64. The fourth-order valence-corrected chi connectivity index (χ4v) is 2.78. The van der Waals surface area contributed by atoms with E-state index in [1.54, 1.807) is 0 Å². The van der Waals surface area contributed by atoms with Crippen molar-refractivity contribution in [3.63, 3.8) is 0 Å². The van der Waals surface area contributed by atoms with Crippen LogP contribution < -0.4 is 5.32 Å². The summed E-state index contributed by atoms with van der Waals surface area (Å²) in [7, 11) is 0. The summed E-state index contributed by atoms with van der Waals surface area (Å²) < 4.78 is 0. The zero-order valence-corrected chi connectivity index (χ0v) is 10.8. The van der Waals surface area contributed by atoms with Gasteiger partial charge in [-0.2, -0.15) is 0 Å². The number of rotatable bonds is 3. The highest BCUT2D eigenvalue weighted by molar-refractivity contribution is 6.30. The van der Waals surface area contributed by atoms with E-state index in [2.05, 4.69) is 31.3 Å². The predicted octanol–water partition coefficient (Wildman–Crippen LogP) is 4.18. The summed E-state index contributed by atoms with van der Waals surface area (Å²) >= 11 is 6.00. The third-order valence-corrected chi connectivity index (χ3v) is 3.76. The van der Waals surface area contributed by atoms with Crippen LogP contribution in [0.4, 0.5) is 0 Å². The summed E-state index contributed by atoms with van der Waals surface area (Å²) in [5.74, 6) is 0.879. The molecule has 1 fully saturated rings. The third kappa shape index (κ3) is 2.99. The molecule has 0 heterocycles. The van der Waals surface area contributed by atoms with Gasteiger partial charge < -0.3 is 5.32 Å². The summed E-state index contributed by atoms with van der Waals surface area (Å²) in [5, 5.41) is 4.52. The molecule has 1 saturated carbocycles. The van der Waals surface area contributed by atoms with Gasteiger partial charge in [-0.3, -0.25) is 0 Å². The minimum Gasteiger partial charge on any atom is -0.307 e. The SMILES string of the molecule is CC1CCC(N[C@H](C)c2cccc(Cl)c2)C1. The molecule has 1 aromatic rings. The van der Waals surface area contributed by atoms with Crippen LogP contribution in [0.15, 0.2) is 24.3 Å². The molecular formula is C14H20ClN. The van der Waals surface area contributed by atoms with E-state index in [4.69, 9.17) is 11.6 Å². The molecule has 16 heavy (non-hydrogen) atoms. The molecule has 0 amide bonds. The van der Waals surface area contributed by atoms with Gasteiger partial charge >= 0.3 is 0 Å². The maximum Gasteiger partial charge on any atom is 0.0409 e. The number of halogens is 1. The minimum absolute atomic E-state index is 0.397. The lowest BCUT2D eigenvalue weighted by Gasteiger charge is -2.20. The lowest BCUT2D eigenvalue weighted by molar-refractivity contribution is 0.449. The van der Waals surface area contributed by atoms with Crippen LogP contribution in [0.5, 0.6) is 0 Å². The molecule has 1 N–H and O–H groups in total. The molecule has 0 saturated heterocycles. The van der Waals surface area contributed by atoms with E-state index in [0.29, 0.717) is 12.1 Å². The third-order valence-electron chi connectivity index (χ3n) is 3.53. The van der Waals surface area contributed by atoms with Gasteiger partial charge in [-0.05, 0) is 49.8 Å². The zero-order chi connectivity index (χ0) is 11.5. The van der Waals surface area contributed by atoms with Crippen LogP contribution in [-0.2, 0) is 0 Å². The van der Waals surface area contributed by atoms with E-state index in [-0.39, 0.29) is 0 Å². The van der Waals surface area contributed by atoms with Crippen molar-refractivity contribution in [3.05, 3.63) is 34.9 Å². The summed E-state index contributed by atoms with van der Waals surface area (Å²) in [6.45, 7) is 4.56. The summed E-state index contributed by atoms with van der Waals surface area (Å²) in [6.07, 6.45) is 3.98. The van der Waals surface area contributed by atoms with Crippen LogP contribution in [0.1, 0.15) is 44.7 Å². The summed E-state index contributed by atoms with van der Waals surface area (Å²) in [4.78, 5) is 0. The molecule has 1 nitrogen and oxygen atoms in total. The topological polar surface area (TPSA) is 12.0 Å². The number of hydrogen-bond donors (Lipinski definition) is 1. The lowest BCUT2D eigenvalue weighted by atomic mass is 10.1. The average molecular weight is 238 g/mol. The molecule has 0 aliphatic heterocycles. The number of hydrogen-bond acceptors (Lipinski definition) is 1. The Kier molecular flexibility index (Phi) is 3.88. The van der Waals surface area contributed by atoms with Crippen LogP contribution >= 0.6 is 11.6 Å². The summed E-state index contributed by atoms with van der Waals surface area (Å²) in [5.41, 5.74) is 1.28. The maximum absolute atomic E-state index is 6.00. The lowest BCUT2D eigenvalue weighted by Crippen LogP contribution is -2.29. The van der Waals surface area contributed by atoms with Gasteiger partial charge in [-0.1, -0.05) is 30.7 Å². The molecule has 0 aromatic heterocycles.